The molecule has 3 heteroatoms. The molecule has 1 amide bonds. The van der Waals surface area contributed by atoms with Gasteiger partial charge in [0, 0.05) is 26.1 Å². The minimum atomic E-state index is -0.0661. The highest BCUT2D eigenvalue weighted by Gasteiger charge is 2.45. The van der Waals surface area contributed by atoms with Crippen molar-refractivity contribution in [1.29, 1.82) is 0 Å². The fourth-order valence-electron chi connectivity index (χ4n) is 3.26. The highest BCUT2D eigenvalue weighted by molar-refractivity contribution is 5.79. The second-order valence-corrected chi connectivity index (χ2v) is 6.90. The summed E-state index contributed by atoms with van der Waals surface area (Å²) in [5, 5.41) is 0. The number of nitrogens with zero attached hydrogens (tertiary/aromatic N) is 1. The third-order valence-corrected chi connectivity index (χ3v) is 5.09. The Kier molecular flexibility index (Phi) is 3.72. The fourth-order valence-corrected chi connectivity index (χ4v) is 3.26. The summed E-state index contributed by atoms with van der Waals surface area (Å²) in [6.07, 6.45) is 5.36. The Morgan fingerprint density at radius 3 is 2.11 bits per heavy atom. The molecule has 0 aromatic carbocycles. The van der Waals surface area contributed by atoms with Gasteiger partial charge >= 0.3 is 0 Å². The van der Waals surface area contributed by atoms with Crippen molar-refractivity contribution in [3.8, 4) is 0 Å². The van der Waals surface area contributed by atoms with E-state index in [9.17, 15) is 4.79 Å². The van der Waals surface area contributed by atoms with Crippen LogP contribution in [0.4, 0.5) is 0 Å². The topological polar surface area (TPSA) is 29.5 Å². The Labute approximate surface area is 111 Å². The molecule has 1 heterocycles. The fraction of sp³-hybridized carbons (Fsp3) is 0.933. The number of methoxy groups -OCH3 is 1. The van der Waals surface area contributed by atoms with Gasteiger partial charge in [-0.15, -0.1) is 0 Å². The molecule has 0 atom stereocenters. The molecule has 0 unspecified atom stereocenters. The Morgan fingerprint density at radius 2 is 1.78 bits per heavy atom. The molecule has 2 fully saturated rings. The van der Waals surface area contributed by atoms with E-state index >= 15 is 0 Å². The van der Waals surface area contributed by atoms with Crippen molar-refractivity contribution in [1.82, 2.24) is 4.90 Å². The summed E-state index contributed by atoms with van der Waals surface area (Å²) in [7, 11) is 1.81. The number of carbonyl (C=O) groups excluding carboxylic acids is 1. The lowest BCUT2D eigenvalue weighted by Crippen LogP contribution is -2.55. The van der Waals surface area contributed by atoms with Gasteiger partial charge in [-0.1, -0.05) is 27.2 Å². The molecule has 2 aliphatic rings. The number of carbonyl (C=O) groups is 1. The van der Waals surface area contributed by atoms with Crippen LogP contribution in [0.2, 0.25) is 0 Å². The van der Waals surface area contributed by atoms with Gasteiger partial charge in [-0.25, -0.2) is 0 Å². The lowest BCUT2D eigenvalue weighted by molar-refractivity contribution is -0.153. The molecule has 1 saturated heterocycles. The van der Waals surface area contributed by atoms with Gasteiger partial charge in [0.2, 0.25) is 5.91 Å². The second kappa shape index (κ2) is 4.84. The van der Waals surface area contributed by atoms with Crippen LogP contribution in [0, 0.1) is 11.3 Å². The minimum absolute atomic E-state index is 0.0661. The van der Waals surface area contributed by atoms with Crippen LogP contribution < -0.4 is 0 Å². The van der Waals surface area contributed by atoms with Gasteiger partial charge in [-0.3, -0.25) is 4.79 Å². The van der Waals surface area contributed by atoms with Gasteiger partial charge in [0.1, 0.15) is 0 Å². The summed E-state index contributed by atoms with van der Waals surface area (Å²) < 4.78 is 5.83. The highest BCUT2D eigenvalue weighted by atomic mass is 16.5. The van der Waals surface area contributed by atoms with Crippen LogP contribution in [-0.2, 0) is 9.53 Å². The predicted octanol–water partition coefficient (Wildman–Crippen LogP) is 2.84. The number of rotatable bonds is 2. The quantitative estimate of drug-likeness (QED) is 0.757. The summed E-state index contributed by atoms with van der Waals surface area (Å²) in [6, 6.07) is 0. The Hall–Kier alpha value is -0.570. The number of amides is 1. The van der Waals surface area contributed by atoms with Gasteiger partial charge in [0.15, 0.2) is 0 Å². The van der Waals surface area contributed by atoms with Crippen molar-refractivity contribution < 1.29 is 9.53 Å². The maximum atomic E-state index is 12.2. The van der Waals surface area contributed by atoms with E-state index in [2.05, 4.69) is 25.7 Å². The molecule has 0 bridgehead atoms. The zero-order valence-electron chi connectivity index (χ0n) is 12.3. The first-order valence-electron chi connectivity index (χ1n) is 7.23. The van der Waals surface area contributed by atoms with E-state index in [1.54, 1.807) is 0 Å². The molecule has 0 aromatic heterocycles. The van der Waals surface area contributed by atoms with E-state index in [1.807, 2.05) is 7.11 Å². The van der Waals surface area contributed by atoms with Crippen molar-refractivity contribution in [2.45, 2.75) is 58.5 Å². The average molecular weight is 253 g/mol. The molecule has 2 rings (SSSR count). The van der Waals surface area contributed by atoms with Gasteiger partial charge < -0.3 is 9.64 Å². The molecular formula is C15H27NO2. The first-order chi connectivity index (χ1) is 8.39. The summed E-state index contributed by atoms with van der Waals surface area (Å²) in [5.74, 6) is 0.717. The Bertz CT molecular complexity index is 307. The van der Waals surface area contributed by atoms with Crippen LogP contribution in [-0.4, -0.2) is 36.6 Å². The lowest BCUT2D eigenvalue weighted by atomic mass is 9.70. The maximum absolute atomic E-state index is 12.2. The minimum Gasteiger partial charge on any atom is -0.378 e. The van der Waals surface area contributed by atoms with Crippen LogP contribution in [0.3, 0.4) is 0 Å². The smallest absolute Gasteiger partial charge is 0.225 e. The van der Waals surface area contributed by atoms with Crippen LogP contribution in [0.15, 0.2) is 0 Å². The van der Waals surface area contributed by atoms with E-state index in [0.717, 1.165) is 38.8 Å². The zero-order valence-corrected chi connectivity index (χ0v) is 12.3. The van der Waals surface area contributed by atoms with Gasteiger partial charge in [0.05, 0.1) is 5.60 Å². The zero-order chi connectivity index (χ0) is 13.4. The molecule has 0 spiro atoms. The molecule has 0 radical (unpaired) electrons. The van der Waals surface area contributed by atoms with Crippen molar-refractivity contribution in [2.75, 3.05) is 20.2 Å². The first kappa shape index (κ1) is 13.9. The average Bonchev–Trinajstić information content (AvgIpc) is 2.25. The normalized spacial score (nSPS) is 24.8. The van der Waals surface area contributed by atoms with E-state index in [4.69, 9.17) is 4.74 Å². The van der Waals surface area contributed by atoms with Crippen LogP contribution in [0.5, 0.6) is 0 Å². The van der Waals surface area contributed by atoms with E-state index in [0.29, 0.717) is 11.8 Å². The first-order valence-corrected chi connectivity index (χ1v) is 7.23. The van der Waals surface area contributed by atoms with Crippen molar-refractivity contribution in [3.63, 3.8) is 0 Å². The molecule has 104 valence electrons. The number of hydrogen-bond donors (Lipinski definition) is 0. The van der Waals surface area contributed by atoms with E-state index in [-0.39, 0.29) is 11.0 Å². The molecule has 1 saturated carbocycles. The predicted molar refractivity (Wildman–Crippen MR) is 72.4 cm³/mol. The lowest BCUT2D eigenvalue weighted by Gasteiger charge is -2.49. The molecule has 0 N–H and O–H groups in total. The number of ether oxygens (including phenoxy) is 1. The summed E-state index contributed by atoms with van der Waals surface area (Å²) in [4.78, 5) is 14.3. The molecule has 1 aliphatic heterocycles. The summed E-state index contributed by atoms with van der Waals surface area (Å²) in [6.45, 7) is 8.43. The molecular weight excluding hydrogens is 226 g/mol. The summed E-state index contributed by atoms with van der Waals surface area (Å²) in [5.41, 5.74) is 0.0662. The molecule has 18 heavy (non-hydrogen) atoms. The highest BCUT2D eigenvalue weighted by Crippen LogP contribution is 2.42. The Balaban J connectivity index is 1.96. The SMILES string of the molecule is COC1(C(C)(C)C)CCN(C(=O)C2CCC2)CC1. The second-order valence-electron chi connectivity index (χ2n) is 6.90. The van der Waals surface area contributed by atoms with E-state index in [1.165, 1.54) is 6.42 Å². The van der Waals surface area contributed by atoms with E-state index < -0.39 is 0 Å². The number of hydrogen-bond acceptors (Lipinski definition) is 2. The van der Waals surface area contributed by atoms with Gasteiger partial charge in [-0.05, 0) is 31.1 Å². The van der Waals surface area contributed by atoms with Crippen LogP contribution >= 0.6 is 0 Å². The third kappa shape index (κ3) is 2.29. The molecule has 1 aliphatic carbocycles. The van der Waals surface area contributed by atoms with Crippen LogP contribution in [0.25, 0.3) is 0 Å². The third-order valence-electron chi connectivity index (χ3n) is 5.09. The van der Waals surface area contributed by atoms with Gasteiger partial charge in [-0.2, -0.15) is 0 Å². The monoisotopic (exact) mass is 253 g/mol. The Morgan fingerprint density at radius 1 is 1.22 bits per heavy atom. The van der Waals surface area contributed by atoms with Crippen molar-refractivity contribution in [2.24, 2.45) is 11.3 Å². The standard InChI is InChI=1S/C15H27NO2/c1-14(2,3)15(18-4)8-10-16(11-9-15)13(17)12-6-5-7-12/h12H,5-11H2,1-4H3. The number of piperidine rings is 1. The van der Waals surface area contributed by atoms with Crippen molar-refractivity contribution in [3.05, 3.63) is 0 Å². The van der Waals surface area contributed by atoms with Gasteiger partial charge in [0.25, 0.3) is 0 Å². The van der Waals surface area contributed by atoms with Crippen molar-refractivity contribution >= 4 is 5.91 Å². The van der Waals surface area contributed by atoms with Crippen LogP contribution in [0.1, 0.15) is 52.9 Å². The summed E-state index contributed by atoms with van der Waals surface area (Å²) >= 11 is 0. The molecule has 0 aromatic rings. The molecule has 3 nitrogen and oxygen atoms in total. The largest absolute Gasteiger partial charge is 0.378 e. The maximum Gasteiger partial charge on any atom is 0.225 e. The number of likely N-dealkylation sites (tertiary alicyclic amines) is 1.